The van der Waals surface area contributed by atoms with Gasteiger partial charge in [-0.05, 0) is 37.1 Å². The van der Waals surface area contributed by atoms with Crippen LogP contribution in [0.25, 0.3) is 10.2 Å². The average molecular weight is 354 g/mol. The number of fused-ring (bicyclic) bond motifs is 1. The molecule has 0 saturated carbocycles. The van der Waals surface area contributed by atoms with Gasteiger partial charge in [0.2, 0.25) is 5.91 Å². The average Bonchev–Trinajstić information content (AvgIpc) is 3.05. The van der Waals surface area contributed by atoms with Gasteiger partial charge in [0.05, 0.1) is 10.2 Å². The molecule has 0 spiro atoms. The highest BCUT2D eigenvalue weighted by atomic mass is 32.1. The largest absolute Gasteiger partial charge is 0.457 e. The minimum atomic E-state index is 0.0118. The quantitative estimate of drug-likeness (QED) is 0.752. The fourth-order valence-electron chi connectivity index (χ4n) is 2.81. The standard InChI is InChI=1S/C19H18N2O3S/c22-18(13-8-10-23-11-9-13)21-19-20-16-7-6-15(12-17(16)25-19)24-14-4-2-1-3-5-14/h1-7,12-13H,8-11H2,(H,20,21,22). The lowest BCUT2D eigenvalue weighted by Gasteiger charge is -2.20. The number of hydrogen-bond donors (Lipinski definition) is 1. The number of para-hydroxylation sites is 1. The number of nitrogens with zero attached hydrogens (tertiary/aromatic N) is 1. The van der Waals surface area contributed by atoms with Gasteiger partial charge in [0.1, 0.15) is 11.5 Å². The van der Waals surface area contributed by atoms with Crippen molar-refractivity contribution in [3.8, 4) is 11.5 Å². The van der Waals surface area contributed by atoms with Crippen molar-refractivity contribution in [3.05, 3.63) is 48.5 Å². The molecule has 1 aromatic heterocycles. The molecule has 1 aliphatic rings. The predicted molar refractivity (Wildman–Crippen MR) is 98.3 cm³/mol. The smallest absolute Gasteiger partial charge is 0.229 e. The van der Waals surface area contributed by atoms with Crippen LogP contribution in [0.4, 0.5) is 5.13 Å². The Morgan fingerprint density at radius 3 is 2.72 bits per heavy atom. The van der Waals surface area contributed by atoms with Gasteiger partial charge < -0.3 is 14.8 Å². The van der Waals surface area contributed by atoms with Crippen LogP contribution in [0.2, 0.25) is 0 Å². The van der Waals surface area contributed by atoms with Crippen LogP contribution in [0.15, 0.2) is 48.5 Å². The summed E-state index contributed by atoms with van der Waals surface area (Å²) in [5, 5.41) is 3.57. The van der Waals surface area contributed by atoms with Gasteiger partial charge in [-0.2, -0.15) is 0 Å². The number of amides is 1. The summed E-state index contributed by atoms with van der Waals surface area (Å²) in [7, 11) is 0. The summed E-state index contributed by atoms with van der Waals surface area (Å²) in [6.07, 6.45) is 1.54. The molecule has 0 unspecified atom stereocenters. The van der Waals surface area contributed by atoms with Crippen LogP contribution in [0.3, 0.4) is 0 Å². The van der Waals surface area contributed by atoms with Crippen molar-refractivity contribution in [3.63, 3.8) is 0 Å². The third-order valence-electron chi connectivity index (χ3n) is 4.16. The number of ether oxygens (including phenoxy) is 2. The van der Waals surface area contributed by atoms with Gasteiger partial charge in [-0.25, -0.2) is 4.98 Å². The highest BCUT2D eigenvalue weighted by Gasteiger charge is 2.22. The van der Waals surface area contributed by atoms with Gasteiger partial charge in [0, 0.05) is 25.2 Å². The van der Waals surface area contributed by atoms with Crippen LogP contribution in [-0.2, 0) is 9.53 Å². The van der Waals surface area contributed by atoms with Crippen molar-refractivity contribution in [1.82, 2.24) is 4.98 Å². The Balaban J connectivity index is 1.49. The first kappa shape index (κ1) is 16.1. The molecule has 1 fully saturated rings. The van der Waals surface area contributed by atoms with E-state index >= 15 is 0 Å². The van der Waals surface area contributed by atoms with E-state index in [4.69, 9.17) is 9.47 Å². The maximum Gasteiger partial charge on any atom is 0.229 e. The monoisotopic (exact) mass is 354 g/mol. The Morgan fingerprint density at radius 1 is 1.12 bits per heavy atom. The van der Waals surface area contributed by atoms with Crippen molar-refractivity contribution < 1.29 is 14.3 Å². The zero-order chi connectivity index (χ0) is 17.1. The SMILES string of the molecule is O=C(Nc1nc2ccc(Oc3ccccc3)cc2s1)C1CCOCC1. The summed E-state index contributed by atoms with van der Waals surface area (Å²) < 4.78 is 12.1. The highest BCUT2D eigenvalue weighted by molar-refractivity contribution is 7.22. The second-order valence-electron chi connectivity index (χ2n) is 5.94. The zero-order valence-electron chi connectivity index (χ0n) is 13.6. The van der Waals surface area contributed by atoms with E-state index in [1.165, 1.54) is 11.3 Å². The minimum absolute atomic E-state index is 0.0118. The molecule has 0 aliphatic carbocycles. The lowest BCUT2D eigenvalue weighted by molar-refractivity contribution is -0.122. The van der Waals surface area contributed by atoms with Crippen LogP contribution in [0.5, 0.6) is 11.5 Å². The molecule has 0 atom stereocenters. The van der Waals surface area contributed by atoms with Gasteiger partial charge in [-0.3, -0.25) is 4.79 Å². The number of thiazole rings is 1. The number of benzene rings is 2. The number of hydrogen-bond acceptors (Lipinski definition) is 5. The third-order valence-corrected chi connectivity index (χ3v) is 5.09. The van der Waals surface area contributed by atoms with Gasteiger partial charge in [-0.1, -0.05) is 29.5 Å². The van der Waals surface area contributed by atoms with E-state index < -0.39 is 0 Å². The molecule has 25 heavy (non-hydrogen) atoms. The first-order valence-corrected chi connectivity index (χ1v) is 9.12. The van der Waals surface area contributed by atoms with Crippen LogP contribution in [0, 0.1) is 5.92 Å². The molecule has 2 heterocycles. The number of aromatic nitrogens is 1. The van der Waals surface area contributed by atoms with Crippen LogP contribution in [-0.4, -0.2) is 24.1 Å². The molecule has 128 valence electrons. The van der Waals surface area contributed by atoms with E-state index in [1.807, 2.05) is 48.5 Å². The maximum absolute atomic E-state index is 12.3. The Hall–Kier alpha value is -2.44. The van der Waals surface area contributed by atoms with E-state index in [2.05, 4.69) is 10.3 Å². The number of carbonyl (C=O) groups excluding carboxylic acids is 1. The van der Waals surface area contributed by atoms with Gasteiger partial charge >= 0.3 is 0 Å². The molecule has 0 radical (unpaired) electrons. The molecule has 2 aromatic carbocycles. The molecule has 1 aliphatic heterocycles. The van der Waals surface area contributed by atoms with Gasteiger partial charge in [0.25, 0.3) is 0 Å². The molecule has 0 bridgehead atoms. The molecule has 1 amide bonds. The van der Waals surface area contributed by atoms with E-state index in [0.29, 0.717) is 18.3 Å². The van der Waals surface area contributed by atoms with Crippen LogP contribution in [0.1, 0.15) is 12.8 Å². The maximum atomic E-state index is 12.3. The first-order valence-electron chi connectivity index (χ1n) is 8.30. The zero-order valence-corrected chi connectivity index (χ0v) is 14.4. The van der Waals surface area contributed by atoms with Crippen molar-refractivity contribution in [2.75, 3.05) is 18.5 Å². The second kappa shape index (κ2) is 7.21. The van der Waals surface area contributed by atoms with Gasteiger partial charge in [-0.15, -0.1) is 0 Å². The van der Waals surface area contributed by atoms with Gasteiger partial charge in [0.15, 0.2) is 5.13 Å². The summed E-state index contributed by atoms with van der Waals surface area (Å²) in [6.45, 7) is 1.30. The second-order valence-corrected chi connectivity index (χ2v) is 6.97. The normalized spacial score (nSPS) is 15.2. The summed E-state index contributed by atoms with van der Waals surface area (Å²) in [4.78, 5) is 16.8. The topological polar surface area (TPSA) is 60.5 Å². The third kappa shape index (κ3) is 3.81. The summed E-state index contributed by atoms with van der Waals surface area (Å²) in [6, 6.07) is 15.4. The van der Waals surface area contributed by atoms with E-state index in [1.54, 1.807) is 0 Å². The molecule has 5 nitrogen and oxygen atoms in total. The first-order chi connectivity index (χ1) is 12.3. The van der Waals surface area contributed by atoms with E-state index in [0.717, 1.165) is 34.6 Å². The lowest BCUT2D eigenvalue weighted by Crippen LogP contribution is -2.28. The van der Waals surface area contributed by atoms with Crippen LogP contribution >= 0.6 is 11.3 Å². The van der Waals surface area contributed by atoms with Crippen molar-refractivity contribution in [1.29, 1.82) is 0 Å². The molecule has 1 N–H and O–H groups in total. The number of anilines is 1. The summed E-state index contributed by atoms with van der Waals surface area (Å²) in [5.74, 6) is 1.59. The number of nitrogens with one attached hydrogen (secondary N) is 1. The molecular weight excluding hydrogens is 336 g/mol. The molecular formula is C19H18N2O3S. The Kier molecular flexibility index (Phi) is 4.63. The lowest BCUT2D eigenvalue weighted by atomic mass is 10.00. The van der Waals surface area contributed by atoms with E-state index in [9.17, 15) is 4.79 Å². The van der Waals surface area contributed by atoms with Crippen LogP contribution < -0.4 is 10.1 Å². The van der Waals surface area contributed by atoms with Crippen molar-refractivity contribution in [2.24, 2.45) is 5.92 Å². The Bertz CT molecular complexity index is 873. The minimum Gasteiger partial charge on any atom is -0.457 e. The molecule has 4 rings (SSSR count). The van der Waals surface area contributed by atoms with Crippen molar-refractivity contribution in [2.45, 2.75) is 12.8 Å². The molecule has 6 heteroatoms. The Labute approximate surface area is 149 Å². The predicted octanol–water partition coefficient (Wildman–Crippen LogP) is 4.45. The fourth-order valence-corrected chi connectivity index (χ4v) is 3.71. The Morgan fingerprint density at radius 2 is 1.92 bits per heavy atom. The number of rotatable bonds is 4. The fraction of sp³-hybridized carbons (Fsp3) is 0.263. The molecule has 1 saturated heterocycles. The van der Waals surface area contributed by atoms with Crippen molar-refractivity contribution >= 4 is 32.6 Å². The highest BCUT2D eigenvalue weighted by Crippen LogP contribution is 2.31. The van der Waals surface area contributed by atoms with E-state index in [-0.39, 0.29) is 11.8 Å². The number of carbonyl (C=O) groups is 1. The summed E-state index contributed by atoms with van der Waals surface area (Å²) in [5.41, 5.74) is 0.854. The molecule has 3 aromatic rings. The summed E-state index contributed by atoms with van der Waals surface area (Å²) >= 11 is 1.46.